The van der Waals surface area contributed by atoms with E-state index in [9.17, 15) is 0 Å². The second kappa shape index (κ2) is 6.61. The monoisotopic (exact) mass is 224 g/mol. The smallest absolute Gasteiger partial charge is 0.0192 e. The summed E-state index contributed by atoms with van der Waals surface area (Å²) in [6.07, 6.45) is 10.0. The number of rotatable bonds is 4. The lowest BCUT2D eigenvalue weighted by Crippen LogP contribution is -2.43. The largest absolute Gasteiger partial charge is 0.315 e. The Morgan fingerprint density at radius 1 is 1.12 bits per heavy atom. The van der Waals surface area contributed by atoms with Gasteiger partial charge in [0.25, 0.3) is 0 Å². The normalized spacial score (nSPS) is 36.2. The zero-order valence-electron chi connectivity index (χ0n) is 10.8. The van der Waals surface area contributed by atoms with Crippen LogP contribution in [0.2, 0.25) is 0 Å². The molecular weight excluding hydrogens is 196 g/mol. The molecule has 1 aliphatic carbocycles. The molecule has 1 saturated heterocycles. The Bertz CT molecular complexity index is 179. The Morgan fingerprint density at radius 3 is 2.62 bits per heavy atom. The molecule has 0 spiro atoms. The van der Waals surface area contributed by atoms with E-state index in [-0.39, 0.29) is 0 Å². The summed E-state index contributed by atoms with van der Waals surface area (Å²) in [6, 6.07) is 0.747. The summed E-state index contributed by atoms with van der Waals surface area (Å²) in [6.45, 7) is 6.05. The molecular formula is C14H28N2. The molecule has 1 atom stereocenters. The molecule has 0 aromatic rings. The van der Waals surface area contributed by atoms with Crippen LogP contribution in [0.5, 0.6) is 0 Å². The molecule has 2 heteroatoms. The second-order valence-corrected chi connectivity index (χ2v) is 5.91. The average Bonchev–Trinajstić information content (AvgIpc) is 2.33. The first kappa shape index (κ1) is 12.4. The first-order valence-corrected chi connectivity index (χ1v) is 7.28. The van der Waals surface area contributed by atoms with Gasteiger partial charge in [-0.2, -0.15) is 0 Å². The Kier molecular flexibility index (Phi) is 5.11. The van der Waals surface area contributed by atoms with Gasteiger partial charge in [0, 0.05) is 12.6 Å². The molecule has 0 amide bonds. The lowest BCUT2D eigenvalue weighted by molar-refractivity contribution is 0.269. The van der Waals surface area contributed by atoms with Crippen LogP contribution in [0.1, 0.15) is 51.9 Å². The molecule has 1 aliphatic heterocycles. The number of nitrogens with one attached hydrogen (secondary N) is 2. The van der Waals surface area contributed by atoms with Crippen LogP contribution in [0.15, 0.2) is 0 Å². The molecule has 16 heavy (non-hydrogen) atoms. The highest BCUT2D eigenvalue weighted by atomic mass is 15.0. The van der Waals surface area contributed by atoms with E-state index in [4.69, 9.17) is 0 Å². The molecule has 2 fully saturated rings. The highest BCUT2D eigenvalue weighted by Gasteiger charge is 2.18. The van der Waals surface area contributed by atoms with Crippen molar-refractivity contribution in [1.82, 2.24) is 10.6 Å². The minimum absolute atomic E-state index is 0.747. The second-order valence-electron chi connectivity index (χ2n) is 5.91. The predicted octanol–water partition coefficient (Wildman–Crippen LogP) is 2.54. The van der Waals surface area contributed by atoms with Gasteiger partial charge in [0.05, 0.1) is 0 Å². The van der Waals surface area contributed by atoms with Crippen molar-refractivity contribution in [2.24, 2.45) is 11.8 Å². The average molecular weight is 224 g/mol. The van der Waals surface area contributed by atoms with Crippen LogP contribution in [-0.4, -0.2) is 25.7 Å². The molecule has 0 bridgehead atoms. The van der Waals surface area contributed by atoms with Crippen LogP contribution in [0.25, 0.3) is 0 Å². The Balaban J connectivity index is 1.53. The maximum Gasteiger partial charge on any atom is 0.0192 e. The van der Waals surface area contributed by atoms with E-state index in [1.807, 2.05) is 0 Å². The number of hydrogen-bond donors (Lipinski definition) is 2. The summed E-state index contributed by atoms with van der Waals surface area (Å²) < 4.78 is 0. The van der Waals surface area contributed by atoms with Crippen LogP contribution in [0, 0.1) is 11.8 Å². The Labute approximate surface area is 101 Å². The zero-order valence-corrected chi connectivity index (χ0v) is 10.8. The van der Waals surface area contributed by atoms with Crippen molar-refractivity contribution in [3.05, 3.63) is 0 Å². The van der Waals surface area contributed by atoms with Gasteiger partial charge >= 0.3 is 0 Å². The molecule has 1 unspecified atom stereocenters. The van der Waals surface area contributed by atoms with Crippen LogP contribution in [0.4, 0.5) is 0 Å². The zero-order chi connectivity index (χ0) is 11.2. The first-order valence-electron chi connectivity index (χ1n) is 7.28. The van der Waals surface area contributed by atoms with E-state index >= 15 is 0 Å². The fourth-order valence-corrected chi connectivity index (χ4v) is 3.14. The van der Waals surface area contributed by atoms with Gasteiger partial charge in [-0.1, -0.05) is 32.6 Å². The molecule has 1 saturated carbocycles. The molecule has 1 heterocycles. The van der Waals surface area contributed by atoms with Crippen molar-refractivity contribution in [2.45, 2.75) is 57.9 Å². The van der Waals surface area contributed by atoms with E-state index in [1.54, 1.807) is 0 Å². The Morgan fingerprint density at radius 2 is 1.94 bits per heavy atom. The highest BCUT2D eigenvalue weighted by Crippen LogP contribution is 2.29. The Hall–Kier alpha value is -0.0800. The van der Waals surface area contributed by atoms with Crippen LogP contribution >= 0.6 is 0 Å². The fraction of sp³-hybridized carbons (Fsp3) is 1.00. The molecule has 2 N–H and O–H groups in total. The quantitative estimate of drug-likeness (QED) is 0.767. The molecule has 0 aromatic heterocycles. The minimum Gasteiger partial charge on any atom is -0.315 e. The predicted molar refractivity (Wildman–Crippen MR) is 69.6 cm³/mol. The summed E-state index contributed by atoms with van der Waals surface area (Å²) in [5, 5.41) is 7.18. The molecule has 0 aromatic carbocycles. The van der Waals surface area contributed by atoms with Crippen molar-refractivity contribution >= 4 is 0 Å². The van der Waals surface area contributed by atoms with E-state index < -0.39 is 0 Å². The third-order valence-electron chi connectivity index (χ3n) is 4.42. The van der Waals surface area contributed by atoms with E-state index in [1.165, 1.54) is 64.6 Å². The van der Waals surface area contributed by atoms with Gasteiger partial charge in [-0.15, -0.1) is 0 Å². The van der Waals surface area contributed by atoms with Gasteiger partial charge in [0.2, 0.25) is 0 Å². The van der Waals surface area contributed by atoms with Gasteiger partial charge in [-0.05, 0) is 44.2 Å². The van der Waals surface area contributed by atoms with Crippen molar-refractivity contribution < 1.29 is 0 Å². The van der Waals surface area contributed by atoms with Crippen molar-refractivity contribution in [2.75, 3.05) is 19.6 Å². The van der Waals surface area contributed by atoms with Crippen LogP contribution < -0.4 is 10.6 Å². The molecule has 2 rings (SSSR count). The van der Waals surface area contributed by atoms with Gasteiger partial charge in [0.15, 0.2) is 0 Å². The first-order chi connectivity index (χ1) is 7.84. The topological polar surface area (TPSA) is 24.1 Å². The standard InChI is InChI=1S/C14H28N2/c1-12-4-6-13(7-5-12)8-10-16-14-3-2-9-15-11-14/h12-16H,2-11H2,1H3. The van der Waals surface area contributed by atoms with Crippen molar-refractivity contribution in [3.8, 4) is 0 Å². The van der Waals surface area contributed by atoms with E-state index in [2.05, 4.69) is 17.6 Å². The van der Waals surface area contributed by atoms with Gasteiger partial charge < -0.3 is 10.6 Å². The molecule has 0 radical (unpaired) electrons. The lowest BCUT2D eigenvalue weighted by Gasteiger charge is -2.28. The van der Waals surface area contributed by atoms with Crippen LogP contribution in [0.3, 0.4) is 0 Å². The lowest BCUT2D eigenvalue weighted by atomic mass is 9.81. The van der Waals surface area contributed by atoms with Gasteiger partial charge in [-0.25, -0.2) is 0 Å². The number of hydrogen-bond acceptors (Lipinski definition) is 2. The summed E-state index contributed by atoms with van der Waals surface area (Å²) in [5.41, 5.74) is 0. The summed E-state index contributed by atoms with van der Waals surface area (Å²) in [5.74, 6) is 2.01. The summed E-state index contributed by atoms with van der Waals surface area (Å²) >= 11 is 0. The van der Waals surface area contributed by atoms with Gasteiger partial charge in [-0.3, -0.25) is 0 Å². The van der Waals surface area contributed by atoms with Crippen molar-refractivity contribution in [1.29, 1.82) is 0 Å². The summed E-state index contributed by atoms with van der Waals surface area (Å²) in [7, 11) is 0. The van der Waals surface area contributed by atoms with E-state index in [0.717, 1.165) is 17.9 Å². The third kappa shape index (κ3) is 4.06. The third-order valence-corrected chi connectivity index (χ3v) is 4.42. The SMILES string of the molecule is CC1CCC(CCNC2CCCNC2)CC1. The highest BCUT2D eigenvalue weighted by molar-refractivity contribution is 4.76. The molecule has 2 aliphatic rings. The van der Waals surface area contributed by atoms with Gasteiger partial charge in [0.1, 0.15) is 0 Å². The van der Waals surface area contributed by atoms with Crippen molar-refractivity contribution in [3.63, 3.8) is 0 Å². The molecule has 94 valence electrons. The molecule has 2 nitrogen and oxygen atoms in total. The van der Waals surface area contributed by atoms with Crippen LogP contribution in [-0.2, 0) is 0 Å². The van der Waals surface area contributed by atoms with E-state index in [0.29, 0.717) is 0 Å². The maximum atomic E-state index is 3.72. The number of piperidine rings is 1. The summed E-state index contributed by atoms with van der Waals surface area (Å²) in [4.78, 5) is 0. The fourth-order valence-electron chi connectivity index (χ4n) is 3.14. The minimum atomic E-state index is 0.747. The maximum absolute atomic E-state index is 3.72.